The number of hydrogen-bond donors (Lipinski definition) is 0. The van der Waals surface area contributed by atoms with Crippen molar-refractivity contribution in [1.82, 2.24) is 4.98 Å². The van der Waals surface area contributed by atoms with Crippen molar-refractivity contribution in [3.63, 3.8) is 0 Å². The summed E-state index contributed by atoms with van der Waals surface area (Å²) >= 11 is 11.4. The maximum absolute atomic E-state index is 8.31. The number of nitriles is 1. The van der Waals surface area contributed by atoms with E-state index in [9.17, 15) is 0 Å². The summed E-state index contributed by atoms with van der Waals surface area (Å²) in [7, 11) is 0. The van der Waals surface area contributed by atoms with Crippen LogP contribution in [0.1, 0.15) is 5.56 Å². The van der Waals surface area contributed by atoms with Crippen molar-refractivity contribution < 1.29 is 0 Å². The first-order valence-electron chi connectivity index (χ1n) is 3.12. The van der Waals surface area contributed by atoms with Crippen molar-refractivity contribution >= 4 is 28.2 Å². The lowest BCUT2D eigenvalue weighted by Crippen LogP contribution is -1.81. The first-order chi connectivity index (χ1) is 5.75. The van der Waals surface area contributed by atoms with E-state index in [4.69, 9.17) is 28.5 Å². The Morgan fingerprint density at radius 2 is 2.42 bits per heavy atom. The van der Waals surface area contributed by atoms with Gasteiger partial charge in [-0.15, -0.1) is 0 Å². The van der Waals surface area contributed by atoms with Crippen molar-refractivity contribution in [1.29, 1.82) is 5.26 Å². The van der Waals surface area contributed by atoms with Crippen LogP contribution in [0.15, 0.2) is 24.4 Å². The highest BCUT2D eigenvalue weighted by Gasteiger charge is 2.02. The summed E-state index contributed by atoms with van der Waals surface area (Å²) in [5, 5.41) is 8.92. The van der Waals surface area contributed by atoms with Crippen molar-refractivity contribution in [3.8, 4) is 6.07 Å². The molecule has 0 spiro atoms. The Morgan fingerprint density at radius 1 is 1.67 bits per heavy atom. The summed E-state index contributed by atoms with van der Waals surface area (Å²) in [6.45, 7) is 0. The highest BCUT2D eigenvalue weighted by atomic mass is 35.5. The van der Waals surface area contributed by atoms with E-state index in [1.165, 1.54) is 6.08 Å². The Kier molecular flexibility index (Phi) is 3.09. The van der Waals surface area contributed by atoms with Crippen LogP contribution in [0.2, 0.25) is 5.15 Å². The van der Waals surface area contributed by atoms with Crippen molar-refractivity contribution in [2.45, 2.75) is 0 Å². The van der Waals surface area contributed by atoms with Gasteiger partial charge in [0, 0.05) is 17.8 Å². The van der Waals surface area contributed by atoms with E-state index in [0.717, 1.165) is 0 Å². The van der Waals surface area contributed by atoms with Crippen LogP contribution in [-0.4, -0.2) is 4.98 Å². The molecule has 1 aromatic heterocycles. The van der Waals surface area contributed by atoms with E-state index in [1.807, 2.05) is 6.07 Å². The van der Waals surface area contributed by atoms with Crippen molar-refractivity contribution in [2.75, 3.05) is 0 Å². The van der Waals surface area contributed by atoms with Gasteiger partial charge in [0.05, 0.1) is 11.1 Å². The zero-order chi connectivity index (χ0) is 8.97. The van der Waals surface area contributed by atoms with Crippen molar-refractivity contribution in [2.24, 2.45) is 0 Å². The van der Waals surface area contributed by atoms with Gasteiger partial charge in [0.25, 0.3) is 0 Å². The normalized spacial score (nSPS) is 10.9. The minimum absolute atomic E-state index is 0.300. The molecule has 4 heteroatoms. The maximum Gasteiger partial charge on any atom is 0.137 e. The molecule has 1 rings (SSSR count). The summed E-state index contributed by atoms with van der Waals surface area (Å²) in [6.07, 6.45) is 2.77. The molecule has 0 bridgehead atoms. The number of aromatic nitrogens is 1. The van der Waals surface area contributed by atoms with Gasteiger partial charge in [-0.05, 0) is 12.1 Å². The second-order valence-corrected chi connectivity index (χ2v) is 2.73. The van der Waals surface area contributed by atoms with Gasteiger partial charge in [-0.25, -0.2) is 4.98 Å². The molecule has 0 atom stereocenters. The van der Waals surface area contributed by atoms with Gasteiger partial charge < -0.3 is 0 Å². The average Bonchev–Trinajstić information content (AvgIpc) is 2.05. The third kappa shape index (κ3) is 1.97. The van der Waals surface area contributed by atoms with Crippen LogP contribution in [0.4, 0.5) is 0 Å². The van der Waals surface area contributed by atoms with Crippen LogP contribution < -0.4 is 0 Å². The lowest BCUT2D eigenvalue weighted by Gasteiger charge is -1.97. The zero-order valence-corrected chi connectivity index (χ0v) is 7.47. The molecule has 0 unspecified atom stereocenters. The summed E-state index contributed by atoms with van der Waals surface area (Å²) in [5.74, 6) is 0. The number of allylic oxidation sites excluding steroid dienone is 1. The molecular weight excluding hydrogens is 195 g/mol. The minimum atomic E-state index is 0.300. The fourth-order valence-corrected chi connectivity index (χ4v) is 1.17. The molecule has 1 heterocycles. The minimum Gasteiger partial charge on any atom is -0.244 e. The smallest absolute Gasteiger partial charge is 0.137 e. The third-order valence-electron chi connectivity index (χ3n) is 1.21. The second-order valence-electron chi connectivity index (χ2n) is 1.96. The summed E-state index contributed by atoms with van der Waals surface area (Å²) in [6, 6.07) is 5.22. The topological polar surface area (TPSA) is 36.7 Å². The monoisotopic (exact) mass is 198 g/mol. The Bertz CT molecular complexity index is 352. The Hall–Kier alpha value is -1.04. The maximum atomic E-state index is 8.31. The van der Waals surface area contributed by atoms with Crippen LogP contribution >= 0.6 is 23.2 Å². The van der Waals surface area contributed by atoms with E-state index in [0.29, 0.717) is 15.7 Å². The van der Waals surface area contributed by atoms with Crippen LogP contribution in [-0.2, 0) is 0 Å². The fourth-order valence-electron chi connectivity index (χ4n) is 0.699. The molecule has 0 N–H and O–H groups in total. The first-order valence-corrected chi connectivity index (χ1v) is 3.87. The molecule has 0 saturated carbocycles. The zero-order valence-electron chi connectivity index (χ0n) is 5.96. The molecule has 0 fully saturated rings. The van der Waals surface area contributed by atoms with Gasteiger partial charge in [0.2, 0.25) is 0 Å². The number of rotatable bonds is 1. The summed E-state index contributed by atoms with van der Waals surface area (Å²) < 4.78 is 0. The molecule has 2 nitrogen and oxygen atoms in total. The lowest BCUT2D eigenvalue weighted by atomic mass is 10.2. The van der Waals surface area contributed by atoms with E-state index in [-0.39, 0.29) is 0 Å². The van der Waals surface area contributed by atoms with Crippen LogP contribution in [0.5, 0.6) is 0 Å². The van der Waals surface area contributed by atoms with E-state index in [2.05, 4.69) is 4.98 Å². The van der Waals surface area contributed by atoms with Gasteiger partial charge in [0.1, 0.15) is 5.15 Å². The van der Waals surface area contributed by atoms with E-state index >= 15 is 0 Å². The summed E-state index contributed by atoms with van der Waals surface area (Å²) in [5.41, 5.74) is 0.572. The quantitative estimate of drug-likeness (QED) is 0.515. The molecular formula is C8H4Cl2N2. The predicted octanol–water partition coefficient (Wildman–Crippen LogP) is 2.84. The largest absolute Gasteiger partial charge is 0.244 e. The van der Waals surface area contributed by atoms with Crippen molar-refractivity contribution in [3.05, 3.63) is 35.1 Å². The van der Waals surface area contributed by atoms with Crippen LogP contribution in [0.3, 0.4) is 0 Å². The average molecular weight is 199 g/mol. The van der Waals surface area contributed by atoms with Gasteiger partial charge in [-0.3, -0.25) is 0 Å². The lowest BCUT2D eigenvalue weighted by molar-refractivity contribution is 1.31. The van der Waals surface area contributed by atoms with Gasteiger partial charge in [-0.1, -0.05) is 23.2 Å². The summed E-state index contributed by atoms with van der Waals surface area (Å²) in [4.78, 5) is 3.81. The fraction of sp³-hybridized carbons (Fsp3) is 0. The highest BCUT2D eigenvalue weighted by molar-refractivity contribution is 6.50. The molecule has 0 aliphatic rings. The van der Waals surface area contributed by atoms with E-state index in [1.54, 1.807) is 18.3 Å². The number of pyridine rings is 1. The molecule has 12 heavy (non-hydrogen) atoms. The molecule has 60 valence electrons. The third-order valence-corrected chi connectivity index (χ3v) is 1.82. The predicted molar refractivity (Wildman–Crippen MR) is 48.7 cm³/mol. The van der Waals surface area contributed by atoms with Gasteiger partial charge in [0.15, 0.2) is 0 Å². The van der Waals surface area contributed by atoms with Gasteiger partial charge in [-0.2, -0.15) is 5.26 Å². The Morgan fingerprint density at radius 3 is 3.00 bits per heavy atom. The Labute approximate surface area is 80.1 Å². The van der Waals surface area contributed by atoms with E-state index < -0.39 is 0 Å². The molecule has 0 amide bonds. The first kappa shape index (κ1) is 9.05. The molecule has 0 aliphatic carbocycles. The number of hydrogen-bond acceptors (Lipinski definition) is 2. The standard InChI is InChI=1S/C8H4Cl2N2/c9-7(3-4-11)6-2-1-5-12-8(6)10/h1-3,5H/b7-3+. The molecule has 0 radical (unpaired) electrons. The van der Waals surface area contributed by atoms with Gasteiger partial charge >= 0.3 is 0 Å². The van der Waals surface area contributed by atoms with Crippen LogP contribution in [0.25, 0.3) is 5.03 Å². The Balaban J connectivity index is 3.13. The SMILES string of the molecule is N#C/C=C(/Cl)c1cccnc1Cl. The van der Waals surface area contributed by atoms with Crippen LogP contribution in [0, 0.1) is 11.3 Å². The number of halogens is 2. The highest BCUT2D eigenvalue weighted by Crippen LogP contribution is 2.23. The molecule has 0 aromatic carbocycles. The number of nitrogens with zero attached hydrogens (tertiary/aromatic N) is 2. The molecule has 0 saturated heterocycles. The second kappa shape index (κ2) is 4.10. The molecule has 1 aromatic rings. The molecule has 0 aliphatic heterocycles.